The van der Waals surface area contributed by atoms with Crippen LogP contribution in [0.25, 0.3) is 0 Å². The molecule has 1 rings (SSSR count). The molecule has 0 saturated heterocycles. The molecular weight excluding hydrogens is 182 g/mol. The third-order valence-electron chi connectivity index (χ3n) is 2.71. The maximum atomic E-state index is 5.41. The molecule has 0 amide bonds. The fourth-order valence-electron chi connectivity index (χ4n) is 1.65. The maximum Gasteiger partial charge on any atom is 0.136 e. The van der Waals surface area contributed by atoms with Crippen molar-refractivity contribution in [2.45, 2.75) is 39.7 Å². The lowest BCUT2D eigenvalue weighted by Crippen LogP contribution is -2.27. The highest BCUT2D eigenvalue weighted by Crippen LogP contribution is 2.26. The summed E-state index contributed by atoms with van der Waals surface area (Å²) < 4.78 is 0. The number of rotatable bonds is 4. The molecule has 13 heavy (non-hydrogen) atoms. The van der Waals surface area contributed by atoms with Gasteiger partial charge < -0.3 is 4.84 Å². The molecule has 0 spiro atoms. The second kappa shape index (κ2) is 4.89. The van der Waals surface area contributed by atoms with Crippen molar-refractivity contribution in [3.8, 4) is 0 Å². The molecule has 1 heterocycles. The van der Waals surface area contributed by atoms with E-state index in [1.165, 1.54) is 5.71 Å². The van der Waals surface area contributed by atoms with E-state index in [0.717, 1.165) is 18.6 Å². The van der Waals surface area contributed by atoms with Crippen molar-refractivity contribution >= 4 is 18.3 Å². The lowest BCUT2D eigenvalue weighted by molar-refractivity contribution is 0.0327. The Hall–Kier alpha value is -0.180. The number of hydrogen-bond donors (Lipinski definition) is 1. The van der Waals surface area contributed by atoms with Crippen molar-refractivity contribution in [2.24, 2.45) is 17.0 Å². The fraction of sp³-hybridized carbons (Fsp3) is 0.900. The Balaban J connectivity index is 2.46. The molecule has 0 saturated carbocycles. The van der Waals surface area contributed by atoms with Gasteiger partial charge in [-0.1, -0.05) is 25.9 Å². The average Bonchev–Trinajstić information content (AvgIpc) is 2.53. The first-order valence-corrected chi connectivity index (χ1v) is 5.64. The predicted molar refractivity (Wildman–Crippen MR) is 59.4 cm³/mol. The van der Waals surface area contributed by atoms with Crippen LogP contribution in [0, 0.1) is 11.8 Å². The van der Waals surface area contributed by atoms with Crippen molar-refractivity contribution in [2.75, 3.05) is 5.75 Å². The van der Waals surface area contributed by atoms with E-state index in [1.54, 1.807) is 0 Å². The van der Waals surface area contributed by atoms with Crippen LogP contribution in [-0.4, -0.2) is 17.6 Å². The second-order valence-corrected chi connectivity index (χ2v) is 4.31. The molecule has 1 aliphatic rings. The van der Waals surface area contributed by atoms with Crippen LogP contribution in [0.3, 0.4) is 0 Å². The van der Waals surface area contributed by atoms with Gasteiger partial charge in [-0.3, -0.25) is 0 Å². The molecule has 2 unspecified atom stereocenters. The normalized spacial score (nSPS) is 24.4. The maximum absolute atomic E-state index is 5.41. The standard InChI is InChI=1S/C10H19NOS/c1-4-8-5-10(12-11-8)9(6-13)7(2)3/h7,9-10,13H,4-6H2,1-3H3. The summed E-state index contributed by atoms with van der Waals surface area (Å²) in [5.41, 5.74) is 1.19. The van der Waals surface area contributed by atoms with Gasteiger partial charge in [0.05, 0.1) is 5.71 Å². The number of thiol groups is 1. The lowest BCUT2D eigenvalue weighted by Gasteiger charge is -2.23. The Labute approximate surface area is 86.1 Å². The van der Waals surface area contributed by atoms with Crippen LogP contribution in [0.15, 0.2) is 5.16 Å². The van der Waals surface area contributed by atoms with Crippen LogP contribution in [0.2, 0.25) is 0 Å². The molecule has 0 radical (unpaired) electrons. The fourth-order valence-corrected chi connectivity index (χ4v) is 2.30. The van der Waals surface area contributed by atoms with E-state index in [0.29, 0.717) is 11.8 Å². The Morgan fingerprint density at radius 2 is 2.31 bits per heavy atom. The highest BCUT2D eigenvalue weighted by molar-refractivity contribution is 7.80. The first-order valence-electron chi connectivity index (χ1n) is 5.01. The third-order valence-corrected chi connectivity index (χ3v) is 3.13. The van der Waals surface area contributed by atoms with Gasteiger partial charge in [-0.05, 0) is 18.1 Å². The largest absolute Gasteiger partial charge is 0.392 e. The molecular formula is C10H19NOS. The van der Waals surface area contributed by atoms with E-state index in [1.807, 2.05) is 0 Å². The van der Waals surface area contributed by atoms with Gasteiger partial charge in [0, 0.05) is 12.3 Å². The molecule has 76 valence electrons. The number of oxime groups is 1. The average molecular weight is 201 g/mol. The number of nitrogens with zero attached hydrogens (tertiary/aromatic N) is 1. The minimum atomic E-state index is 0.271. The molecule has 0 aromatic heterocycles. The smallest absolute Gasteiger partial charge is 0.136 e. The Bertz CT molecular complexity index is 191. The monoisotopic (exact) mass is 201 g/mol. The summed E-state index contributed by atoms with van der Waals surface area (Å²) >= 11 is 4.36. The van der Waals surface area contributed by atoms with E-state index >= 15 is 0 Å². The van der Waals surface area contributed by atoms with Gasteiger partial charge in [0.1, 0.15) is 6.10 Å². The van der Waals surface area contributed by atoms with Crippen LogP contribution in [-0.2, 0) is 4.84 Å². The van der Waals surface area contributed by atoms with Crippen molar-refractivity contribution in [1.29, 1.82) is 0 Å². The molecule has 1 aliphatic heterocycles. The highest BCUT2D eigenvalue weighted by atomic mass is 32.1. The minimum Gasteiger partial charge on any atom is -0.392 e. The highest BCUT2D eigenvalue weighted by Gasteiger charge is 2.29. The van der Waals surface area contributed by atoms with Gasteiger partial charge in [0.15, 0.2) is 0 Å². The van der Waals surface area contributed by atoms with Crippen LogP contribution in [0.1, 0.15) is 33.6 Å². The molecule has 0 aromatic rings. The van der Waals surface area contributed by atoms with Crippen LogP contribution < -0.4 is 0 Å². The van der Waals surface area contributed by atoms with Gasteiger partial charge in [-0.25, -0.2) is 0 Å². The molecule has 0 aromatic carbocycles. The zero-order valence-corrected chi connectivity index (χ0v) is 9.55. The van der Waals surface area contributed by atoms with Crippen LogP contribution in [0.4, 0.5) is 0 Å². The summed E-state index contributed by atoms with van der Waals surface area (Å²) in [6.45, 7) is 6.55. The van der Waals surface area contributed by atoms with E-state index < -0.39 is 0 Å². The quantitative estimate of drug-likeness (QED) is 0.694. The van der Waals surface area contributed by atoms with Crippen molar-refractivity contribution in [3.05, 3.63) is 0 Å². The van der Waals surface area contributed by atoms with Gasteiger partial charge >= 0.3 is 0 Å². The Kier molecular flexibility index (Phi) is 4.10. The van der Waals surface area contributed by atoms with E-state index in [4.69, 9.17) is 4.84 Å². The Morgan fingerprint density at radius 3 is 2.69 bits per heavy atom. The predicted octanol–water partition coefficient (Wildman–Crippen LogP) is 2.74. The molecule has 2 nitrogen and oxygen atoms in total. The lowest BCUT2D eigenvalue weighted by atomic mass is 9.89. The molecule has 3 heteroatoms. The molecule has 0 bridgehead atoms. The van der Waals surface area contributed by atoms with Crippen molar-refractivity contribution in [3.63, 3.8) is 0 Å². The van der Waals surface area contributed by atoms with E-state index in [2.05, 4.69) is 38.6 Å². The molecule has 0 aliphatic carbocycles. The minimum absolute atomic E-state index is 0.271. The first kappa shape index (κ1) is 10.9. The summed E-state index contributed by atoms with van der Waals surface area (Å²) in [6.07, 6.45) is 2.28. The van der Waals surface area contributed by atoms with E-state index in [-0.39, 0.29) is 6.10 Å². The van der Waals surface area contributed by atoms with Crippen molar-refractivity contribution in [1.82, 2.24) is 0 Å². The zero-order chi connectivity index (χ0) is 9.84. The topological polar surface area (TPSA) is 21.6 Å². The molecule has 2 atom stereocenters. The van der Waals surface area contributed by atoms with Gasteiger partial charge in [0.25, 0.3) is 0 Å². The summed E-state index contributed by atoms with van der Waals surface area (Å²) in [5, 5.41) is 4.07. The van der Waals surface area contributed by atoms with Gasteiger partial charge in [0.2, 0.25) is 0 Å². The summed E-state index contributed by atoms with van der Waals surface area (Å²) in [4.78, 5) is 5.41. The van der Waals surface area contributed by atoms with Crippen molar-refractivity contribution < 1.29 is 4.84 Å². The second-order valence-electron chi connectivity index (χ2n) is 3.95. The van der Waals surface area contributed by atoms with Gasteiger partial charge in [-0.15, -0.1) is 0 Å². The first-order chi connectivity index (χ1) is 6.19. The zero-order valence-electron chi connectivity index (χ0n) is 8.66. The van der Waals surface area contributed by atoms with Gasteiger partial charge in [-0.2, -0.15) is 12.6 Å². The summed E-state index contributed by atoms with van der Waals surface area (Å²) in [6, 6.07) is 0. The SMILES string of the molecule is CCC1=NOC(C(CS)C(C)C)C1. The third kappa shape index (κ3) is 2.63. The Morgan fingerprint density at radius 1 is 1.62 bits per heavy atom. The molecule has 0 N–H and O–H groups in total. The number of hydrogen-bond acceptors (Lipinski definition) is 3. The van der Waals surface area contributed by atoms with Crippen LogP contribution >= 0.6 is 12.6 Å². The molecule has 0 fully saturated rings. The van der Waals surface area contributed by atoms with E-state index in [9.17, 15) is 0 Å². The summed E-state index contributed by atoms with van der Waals surface area (Å²) in [7, 11) is 0. The summed E-state index contributed by atoms with van der Waals surface area (Å²) in [5.74, 6) is 2.03. The van der Waals surface area contributed by atoms with Crippen LogP contribution in [0.5, 0.6) is 0 Å².